The molecule has 0 radical (unpaired) electrons. The van der Waals surface area contributed by atoms with Gasteiger partial charge in [-0.2, -0.15) is 0 Å². The van der Waals surface area contributed by atoms with Crippen LogP contribution in [0.25, 0.3) is 0 Å². The van der Waals surface area contributed by atoms with E-state index in [1.807, 2.05) is 0 Å². The smallest absolute Gasteiger partial charge is 0.0662 e. The Labute approximate surface area is 123 Å². The first kappa shape index (κ1) is 15.5. The molecule has 112 valence electrons. The molecule has 0 amide bonds. The summed E-state index contributed by atoms with van der Waals surface area (Å²) in [7, 11) is 0. The minimum absolute atomic E-state index is 0.0335. The zero-order valence-corrected chi connectivity index (χ0v) is 13.4. The van der Waals surface area contributed by atoms with Gasteiger partial charge in [-0.15, -0.1) is 0 Å². The van der Waals surface area contributed by atoms with Crippen LogP contribution in [0.5, 0.6) is 0 Å². The lowest BCUT2D eigenvalue weighted by molar-refractivity contribution is -0.0885. The Morgan fingerprint density at radius 3 is 2.35 bits per heavy atom. The Morgan fingerprint density at radius 1 is 1.20 bits per heavy atom. The van der Waals surface area contributed by atoms with E-state index in [4.69, 9.17) is 5.73 Å². The summed E-state index contributed by atoms with van der Waals surface area (Å²) < 4.78 is 0. The molecule has 1 aliphatic carbocycles. The van der Waals surface area contributed by atoms with Gasteiger partial charge < -0.3 is 10.8 Å². The van der Waals surface area contributed by atoms with Crippen molar-refractivity contribution in [2.24, 2.45) is 16.6 Å². The SMILES string of the molecule is Cc1cccc(C)c1CC1(CN)CCCC(C)(C)C1O. The van der Waals surface area contributed by atoms with Crippen LogP contribution in [0.2, 0.25) is 0 Å². The van der Waals surface area contributed by atoms with Crippen molar-refractivity contribution in [3.63, 3.8) is 0 Å². The van der Waals surface area contributed by atoms with Gasteiger partial charge in [0.25, 0.3) is 0 Å². The first-order valence-electron chi connectivity index (χ1n) is 7.76. The van der Waals surface area contributed by atoms with Crippen LogP contribution in [0, 0.1) is 24.7 Å². The highest BCUT2D eigenvalue weighted by atomic mass is 16.3. The highest BCUT2D eigenvalue weighted by Crippen LogP contribution is 2.48. The minimum Gasteiger partial charge on any atom is -0.392 e. The number of aryl methyl sites for hydroxylation is 2. The fourth-order valence-corrected chi connectivity index (χ4v) is 3.95. The normalized spacial score (nSPS) is 29.4. The van der Waals surface area contributed by atoms with Gasteiger partial charge in [-0.3, -0.25) is 0 Å². The van der Waals surface area contributed by atoms with Gasteiger partial charge in [0.15, 0.2) is 0 Å². The largest absolute Gasteiger partial charge is 0.392 e. The van der Waals surface area contributed by atoms with Gasteiger partial charge in [0.1, 0.15) is 0 Å². The molecule has 1 aromatic rings. The Hall–Kier alpha value is -0.860. The molecule has 2 heteroatoms. The zero-order chi connectivity index (χ0) is 15.0. The van der Waals surface area contributed by atoms with Gasteiger partial charge in [-0.1, -0.05) is 38.5 Å². The van der Waals surface area contributed by atoms with E-state index in [-0.39, 0.29) is 16.9 Å². The summed E-state index contributed by atoms with van der Waals surface area (Å²) in [6, 6.07) is 6.42. The molecule has 1 aliphatic rings. The van der Waals surface area contributed by atoms with Crippen molar-refractivity contribution in [2.45, 2.75) is 59.5 Å². The van der Waals surface area contributed by atoms with Gasteiger partial charge in [0.05, 0.1) is 6.10 Å². The number of aliphatic hydroxyl groups is 1. The fourth-order valence-electron chi connectivity index (χ4n) is 3.95. The van der Waals surface area contributed by atoms with Crippen molar-refractivity contribution in [1.82, 2.24) is 0 Å². The van der Waals surface area contributed by atoms with E-state index in [2.05, 4.69) is 45.9 Å². The molecule has 0 aromatic heterocycles. The van der Waals surface area contributed by atoms with Gasteiger partial charge in [-0.25, -0.2) is 0 Å². The third kappa shape index (κ3) is 2.64. The number of nitrogens with two attached hydrogens (primary N) is 1. The fraction of sp³-hybridized carbons (Fsp3) is 0.667. The van der Waals surface area contributed by atoms with Crippen molar-refractivity contribution in [2.75, 3.05) is 6.54 Å². The Morgan fingerprint density at radius 2 is 1.80 bits per heavy atom. The van der Waals surface area contributed by atoms with E-state index in [1.54, 1.807) is 0 Å². The third-order valence-corrected chi connectivity index (χ3v) is 5.40. The van der Waals surface area contributed by atoms with Crippen LogP contribution in [0.1, 0.15) is 49.8 Å². The first-order valence-corrected chi connectivity index (χ1v) is 7.76. The second-order valence-corrected chi connectivity index (χ2v) is 7.36. The molecular weight excluding hydrogens is 246 g/mol. The average molecular weight is 275 g/mol. The second-order valence-electron chi connectivity index (χ2n) is 7.36. The zero-order valence-electron chi connectivity index (χ0n) is 13.4. The molecule has 1 aromatic carbocycles. The number of aliphatic hydroxyl groups excluding tert-OH is 1. The van der Waals surface area contributed by atoms with Crippen molar-refractivity contribution in [1.29, 1.82) is 0 Å². The molecule has 2 rings (SSSR count). The van der Waals surface area contributed by atoms with Gasteiger partial charge >= 0.3 is 0 Å². The predicted octanol–water partition coefficient (Wildman–Crippen LogP) is 3.36. The van der Waals surface area contributed by atoms with E-state index in [0.717, 1.165) is 25.7 Å². The summed E-state index contributed by atoms with van der Waals surface area (Å²) >= 11 is 0. The van der Waals surface area contributed by atoms with Crippen molar-refractivity contribution in [3.05, 3.63) is 34.9 Å². The Kier molecular flexibility index (Phi) is 4.27. The lowest BCUT2D eigenvalue weighted by Crippen LogP contribution is -2.53. The topological polar surface area (TPSA) is 46.2 Å². The standard InChI is InChI=1S/C18H29NO/c1-13-7-5-8-14(2)15(13)11-18(12-19)10-6-9-17(3,4)16(18)20/h5,7-8,16,20H,6,9-12,19H2,1-4H3. The van der Waals surface area contributed by atoms with E-state index in [9.17, 15) is 5.11 Å². The molecule has 1 saturated carbocycles. The molecule has 2 nitrogen and oxygen atoms in total. The summed E-state index contributed by atoms with van der Waals surface area (Å²) in [5.74, 6) is 0. The average Bonchev–Trinajstić information content (AvgIpc) is 2.39. The molecule has 2 atom stereocenters. The number of benzene rings is 1. The summed E-state index contributed by atoms with van der Waals surface area (Å²) in [6.45, 7) is 9.23. The van der Waals surface area contributed by atoms with Gasteiger partial charge in [-0.05, 0) is 55.2 Å². The van der Waals surface area contributed by atoms with E-state index in [1.165, 1.54) is 16.7 Å². The molecule has 3 N–H and O–H groups in total. The molecule has 0 heterocycles. The third-order valence-electron chi connectivity index (χ3n) is 5.40. The molecule has 2 unspecified atom stereocenters. The van der Waals surface area contributed by atoms with Crippen LogP contribution < -0.4 is 5.73 Å². The van der Waals surface area contributed by atoms with Crippen LogP contribution in [-0.4, -0.2) is 17.8 Å². The quantitative estimate of drug-likeness (QED) is 0.888. The molecule has 0 saturated heterocycles. The first-order chi connectivity index (χ1) is 9.32. The summed E-state index contributed by atoms with van der Waals surface area (Å²) in [5, 5.41) is 10.9. The Balaban J connectivity index is 2.37. The minimum atomic E-state index is -0.326. The van der Waals surface area contributed by atoms with E-state index >= 15 is 0 Å². The lowest BCUT2D eigenvalue weighted by atomic mass is 9.59. The van der Waals surface area contributed by atoms with Crippen LogP contribution in [0.4, 0.5) is 0 Å². The number of hydrogen-bond donors (Lipinski definition) is 2. The highest BCUT2D eigenvalue weighted by Gasteiger charge is 2.47. The van der Waals surface area contributed by atoms with E-state index < -0.39 is 0 Å². The molecule has 0 spiro atoms. The summed E-state index contributed by atoms with van der Waals surface area (Å²) in [6.07, 6.45) is 3.84. The maximum absolute atomic E-state index is 10.9. The van der Waals surface area contributed by atoms with Gasteiger partial charge in [0, 0.05) is 12.0 Å². The Bertz CT molecular complexity index is 460. The molecular formula is C18H29NO. The molecule has 0 bridgehead atoms. The maximum Gasteiger partial charge on any atom is 0.0662 e. The maximum atomic E-state index is 10.9. The monoisotopic (exact) mass is 275 g/mol. The molecule has 1 fully saturated rings. The molecule has 0 aliphatic heterocycles. The van der Waals surface area contributed by atoms with Crippen molar-refractivity contribution >= 4 is 0 Å². The second kappa shape index (κ2) is 5.50. The van der Waals surface area contributed by atoms with Crippen LogP contribution in [-0.2, 0) is 6.42 Å². The van der Waals surface area contributed by atoms with Crippen LogP contribution >= 0.6 is 0 Å². The number of rotatable bonds is 3. The van der Waals surface area contributed by atoms with Crippen molar-refractivity contribution in [3.8, 4) is 0 Å². The predicted molar refractivity (Wildman–Crippen MR) is 84.7 cm³/mol. The number of hydrogen-bond acceptors (Lipinski definition) is 2. The van der Waals surface area contributed by atoms with Crippen LogP contribution in [0.3, 0.4) is 0 Å². The van der Waals surface area contributed by atoms with Crippen molar-refractivity contribution < 1.29 is 5.11 Å². The lowest BCUT2D eigenvalue weighted by Gasteiger charge is -2.50. The summed E-state index contributed by atoms with van der Waals surface area (Å²) in [5.41, 5.74) is 9.93. The van der Waals surface area contributed by atoms with E-state index in [0.29, 0.717) is 6.54 Å². The summed E-state index contributed by atoms with van der Waals surface area (Å²) in [4.78, 5) is 0. The van der Waals surface area contributed by atoms with Crippen LogP contribution in [0.15, 0.2) is 18.2 Å². The highest BCUT2D eigenvalue weighted by molar-refractivity contribution is 5.35. The van der Waals surface area contributed by atoms with Gasteiger partial charge in [0.2, 0.25) is 0 Å². The molecule has 20 heavy (non-hydrogen) atoms.